The van der Waals surface area contributed by atoms with Gasteiger partial charge in [0.25, 0.3) is 5.91 Å². The Bertz CT molecular complexity index is 773. The van der Waals surface area contributed by atoms with Crippen molar-refractivity contribution in [2.45, 2.75) is 52.6 Å². The van der Waals surface area contributed by atoms with Crippen molar-refractivity contribution in [1.82, 2.24) is 10.2 Å². The summed E-state index contributed by atoms with van der Waals surface area (Å²) in [6.07, 6.45) is 3.29. The van der Waals surface area contributed by atoms with Crippen LogP contribution < -0.4 is 10.6 Å². The number of rotatable bonds is 5. The number of carbonyl (C=O) groups excluding carboxylic acids is 3. The van der Waals surface area contributed by atoms with E-state index in [0.717, 1.165) is 19.4 Å². The zero-order valence-corrected chi connectivity index (χ0v) is 18.2. The smallest absolute Gasteiger partial charge is 0.253 e. The maximum atomic E-state index is 12.8. The molecule has 1 unspecified atom stereocenters. The first-order valence-corrected chi connectivity index (χ1v) is 10.8. The van der Waals surface area contributed by atoms with E-state index in [0.29, 0.717) is 43.7 Å². The molecule has 3 rings (SSSR count). The summed E-state index contributed by atoms with van der Waals surface area (Å²) in [6, 6.07) is 7.05. The topological polar surface area (TPSA) is 87.7 Å². The first-order chi connectivity index (χ1) is 14.3. The summed E-state index contributed by atoms with van der Waals surface area (Å²) >= 11 is 0. The molecule has 0 bridgehead atoms. The van der Waals surface area contributed by atoms with Crippen LogP contribution in [0, 0.1) is 11.3 Å². The van der Waals surface area contributed by atoms with E-state index >= 15 is 0 Å². The van der Waals surface area contributed by atoms with Crippen LogP contribution in [0.3, 0.4) is 0 Å². The van der Waals surface area contributed by atoms with Crippen molar-refractivity contribution < 1.29 is 19.1 Å². The SMILES string of the molecule is CC(C)(C)C(=O)N1CCC(C(=O)Nc2ccccc2C(=O)NCC2CCCO2)CC1. The van der Waals surface area contributed by atoms with Crippen molar-refractivity contribution in [2.24, 2.45) is 11.3 Å². The van der Waals surface area contributed by atoms with Crippen LogP contribution in [-0.2, 0) is 14.3 Å². The Kier molecular flexibility index (Phi) is 7.13. The molecule has 2 heterocycles. The van der Waals surface area contributed by atoms with E-state index in [2.05, 4.69) is 10.6 Å². The highest BCUT2D eigenvalue weighted by atomic mass is 16.5. The highest BCUT2D eigenvalue weighted by Gasteiger charge is 2.32. The summed E-state index contributed by atoms with van der Waals surface area (Å²) in [5.74, 6) is -0.365. The molecule has 0 aliphatic carbocycles. The molecule has 7 heteroatoms. The summed E-state index contributed by atoms with van der Waals surface area (Å²) in [5.41, 5.74) is 0.551. The average Bonchev–Trinajstić information content (AvgIpc) is 3.25. The van der Waals surface area contributed by atoms with E-state index in [1.807, 2.05) is 25.7 Å². The normalized spacial score (nSPS) is 20.1. The van der Waals surface area contributed by atoms with Crippen LogP contribution in [0.5, 0.6) is 0 Å². The van der Waals surface area contributed by atoms with Gasteiger partial charge in [-0.15, -0.1) is 0 Å². The zero-order valence-electron chi connectivity index (χ0n) is 18.2. The molecule has 0 aromatic heterocycles. The number of anilines is 1. The Balaban J connectivity index is 1.55. The molecule has 7 nitrogen and oxygen atoms in total. The second-order valence-corrected chi connectivity index (χ2v) is 9.20. The van der Waals surface area contributed by atoms with Crippen molar-refractivity contribution in [3.63, 3.8) is 0 Å². The van der Waals surface area contributed by atoms with Gasteiger partial charge in [0.05, 0.1) is 17.4 Å². The average molecular weight is 416 g/mol. The molecular weight excluding hydrogens is 382 g/mol. The van der Waals surface area contributed by atoms with Gasteiger partial charge in [0.15, 0.2) is 0 Å². The molecule has 2 N–H and O–H groups in total. The fourth-order valence-electron chi connectivity index (χ4n) is 3.95. The van der Waals surface area contributed by atoms with Crippen molar-refractivity contribution in [3.05, 3.63) is 29.8 Å². The first kappa shape index (κ1) is 22.3. The fourth-order valence-corrected chi connectivity index (χ4v) is 3.95. The molecular formula is C23H33N3O4. The molecule has 1 aromatic rings. The number of likely N-dealkylation sites (tertiary alicyclic amines) is 1. The van der Waals surface area contributed by atoms with Crippen LogP contribution in [0.2, 0.25) is 0 Å². The van der Waals surface area contributed by atoms with E-state index in [1.54, 1.807) is 24.3 Å². The lowest BCUT2D eigenvalue weighted by Gasteiger charge is -2.35. The van der Waals surface area contributed by atoms with Gasteiger partial charge in [-0.25, -0.2) is 0 Å². The Morgan fingerprint density at radius 2 is 1.80 bits per heavy atom. The fraction of sp³-hybridized carbons (Fsp3) is 0.609. The molecule has 2 aliphatic rings. The number of nitrogens with zero attached hydrogens (tertiary/aromatic N) is 1. The maximum absolute atomic E-state index is 12.8. The van der Waals surface area contributed by atoms with E-state index in [-0.39, 0.29) is 29.7 Å². The molecule has 1 aromatic carbocycles. The van der Waals surface area contributed by atoms with Gasteiger partial charge in [-0.2, -0.15) is 0 Å². The van der Waals surface area contributed by atoms with Crippen molar-refractivity contribution in [3.8, 4) is 0 Å². The zero-order chi connectivity index (χ0) is 21.7. The summed E-state index contributed by atoms with van der Waals surface area (Å²) in [5, 5.41) is 5.84. The highest BCUT2D eigenvalue weighted by Crippen LogP contribution is 2.25. The predicted molar refractivity (Wildman–Crippen MR) is 115 cm³/mol. The summed E-state index contributed by atoms with van der Waals surface area (Å²) in [4.78, 5) is 39.7. The summed E-state index contributed by atoms with van der Waals surface area (Å²) in [7, 11) is 0. The number of hydrogen-bond acceptors (Lipinski definition) is 4. The van der Waals surface area contributed by atoms with Gasteiger partial charge < -0.3 is 20.3 Å². The minimum Gasteiger partial charge on any atom is -0.376 e. The molecule has 0 saturated carbocycles. The molecule has 0 radical (unpaired) electrons. The number of piperidine rings is 1. The quantitative estimate of drug-likeness (QED) is 0.774. The van der Waals surface area contributed by atoms with E-state index in [1.165, 1.54) is 0 Å². The third-order valence-electron chi connectivity index (χ3n) is 5.74. The van der Waals surface area contributed by atoms with E-state index in [9.17, 15) is 14.4 Å². The lowest BCUT2D eigenvalue weighted by Crippen LogP contribution is -2.45. The molecule has 2 aliphatic heterocycles. The second-order valence-electron chi connectivity index (χ2n) is 9.20. The minimum atomic E-state index is -0.412. The second kappa shape index (κ2) is 9.60. The van der Waals surface area contributed by atoms with Gasteiger partial charge in [-0.3, -0.25) is 14.4 Å². The van der Waals surface area contributed by atoms with E-state index in [4.69, 9.17) is 4.74 Å². The summed E-state index contributed by atoms with van der Waals surface area (Å²) in [6.45, 7) is 8.11. The Morgan fingerprint density at radius 3 is 2.43 bits per heavy atom. The standard InChI is InChI=1S/C23H33N3O4/c1-23(2,3)22(29)26-12-10-16(11-13-26)20(27)25-19-9-5-4-8-18(19)21(28)24-15-17-7-6-14-30-17/h4-5,8-9,16-17H,6-7,10-15H2,1-3H3,(H,24,28)(H,25,27). The summed E-state index contributed by atoms with van der Waals surface area (Å²) < 4.78 is 5.55. The first-order valence-electron chi connectivity index (χ1n) is 10.8. The van der Waals surface area contributed by atoms with Crippen LogP contribution in [0.25, 0.3) is 0 Å². The van der Waals surface area contributed by atoms with Crippen LogP contribution in [-0.4, -0.2) is 55.0 Å². The largest absolute Gasteiger partial charge is 0.376 e. The maximum Gasteiger partial charge on any atom is 0.253 e. The molecule has 2 saturated heterocycles. The number of hydrogen-bond donors (Lipinski definition) is 2. The number of carbonyl (C=O) groups is 3. The van der Waals surface area contributed by atoms with Gasteiger partial charge in [0, 0.05) is 37.6 Å². The lowest BCUT2D eigenvalue weighted by atomic mass is 9.90. The Morgan fingerprint density at radius 1 is 1.10 bits per heavy atom. The Labute approximate surface area is 178 Å². The number of nitrogens with one attached hydrogen (secondary N) is 2. The minimum absolute atomic E-state index is 0.0664. The van der Waals surface area contributed by atoms with Crippen LogP contribution in [0.15, 0.2) is 24.3 Å². The molecule has 0 spiro atoms. The molecule has 164 valence electrons. The molecule has 30 heavy (non-hydrogen) atoms. The van der Waals surface area contributed by atoms with Crippen molar-refractivity contribution >= 4 is 23.4 Å². The van der Waals surface area contributed by atoms with E-state index < -0.39 is 5.41 Å². The molecule has 1 atom stereocenters. The van der Waals surface area contributed by atoms with Gasteiger partial charge in [0.1, 0.15) is 0 Å². The third-order valence-corrected chi connectivity index (χ3v) is 5.74. The molecule has 2 fully saturated rings. The molecule has 3 amide bonds. The van der Waals surface area contributed by atoms with Gasteiger partial charge in [-0.05, 0) is 37.8 Å². The van der Waals surface area contributed by atoms with Crippen molar-refractivity contribution in [1.29, 1.82) is 0 Å². The number of ether oxygens (including phenoxy) is 1. The van der Waals surface area contributed by atoms with Gasteiger partial charge in [0.2, 0.25) is 11.8 Å². The number of benzene rings is 1. The lowest BCUT2D eigenvalue weighted by molar-refractivity contribution is -0.142. The monoisotopic (exact) mass is 415 g/mol. The van der Waals surface area contributed by atoms with Gasteiger partial charge >= 0.3 is 0 Å². The van der Waals surface area contributed by atoms with Crippen LogP contribution in [0.4, 0.5) is 5.69 Å². The van der Waals surface area contributed by atoms with Crippen LogP contribution >= 0.6 is 0 Å². The third kappa shape index (κ3) is 5.59. The number of para-hydroxylation sites is 1. The van der Waals surface area contributed by atoms with Crippen molar-refractivity contribution in [2.75, 3.05) is 31.6 Å². The predicted octanol–water partition coefficient (Wildman–Crippen LogP) is 2.82. The van der Waals surface area contributed by atoms with Gasteiger partial charge in [-0.1, -0.05) is 32.9 Å². The van der Waals surface area contributed by atoms with Crippen LogP contribution in [0.1, 0.15) is 56.8 Å². The highest BCUT2D eigenvalue weighted by molar-refractivity contribution is 6.04. The number of amides is 3. The Hall–Kier alpha value is -2.41.